The SMILES string of the molecule is C=C(C(=O)/C(O)=C1/C(=O)N2CCCC2=CN1F)c1ncc(Cc2ccc(F)cc2F)s1. The number of allylic oxidation sites excluding steroid dienone is 2. The first-order chi connectivity index (χ1) is 14.8. The summed E-state index contributed by atoms with van der Waals surface area (Å²) in [6.45, 7) is 3.98. The number of ketones is 1. The van der Waals surface area contributed by atoms with E-state index in [1.54, 1.807) is 0 Å². The lowest BCUT2D eigenvalue weighted by molar-refractivity contribution is -0.130. The molecule has 0 unspecified atom stereocenters. The quantitative estimate of drug-likeness (QED) is 0.426. The fourth-order valence-corrected chi connectivity index (χ4v) is 4.31. The molecule has 2 aromatic rings. The van der Waals surface area contributed by atoms with Gasteiger partial charge >= 0.3 is 0 Å². The van der Waals surface area contributed by atoms with Crippen LogP contribution in [0.4, 0.5) is 13.3 Å². The smallest absolute Gasteiger partial charge is 0.281 e. The number of rotatable bonds is 5. The third kappa shape index (κ3) is 3.86. The van der Waals surface area contributed by atoms with Crippen LogP contribution in [0.15, 0.2) is 54.3 Å². The summed E-state index contributed by atoms with van der Waals surface area (Å²) in [6, 6.07) is 3.22. The molecule has 6 nitrogen and oxygen atoms in total. The average molecular weight is 447 g/mol. The van der Waals surface area contributed by atoms with Gasteiger partial charge in [-0.25, -0.2) is 13.8 Å². The minimum atomic E-state index is -1.07. The molecule has 4 rings (SSSR count). The molecule has 2 aliphatic heterocycles. The summed E-state index contributed by atoms with van der Waals surface area (Å²) in [7, 11) is 0. The van der Waals surface area contributed by atoms with Crippen LogP contribution in [0.3, 0.4) is 0 Å². The molecule has 10 heteroatoms. The topological polar surface area (TPSA) is 73.7 Å². The van der Waals surface area contributed by atoms with Gasteiger partial charge < -0.3 is 10.0 Å². The lowest BCUT2D eigenvalue weighted by Gasteiger charge is -2.27. The summed E-state index contributed by atoms with van der Waals surface area (Å²) >= 11 is 1.02. The zero-order chi connectivity index (χ0) is 22.3. The lowest BCUT2D eigenvalue weighted by atomic mass is 10.1. The lowest BCUT2D eigenvalue weighted by Crippen LogP contribution is -2.38. The van der Waals surface area contributed by atoms with E-state index in [4.69, 9.17) is 0 Å². The molecule has 0 spiro atoms. The van der Waals surface area contributed by atoms with Crippen molar-refractivity contribution < 1.29 is 28.0 Å². The van der Waals surface area contributed by atoms with Gasteiger partial charge in [0.05, 0.1) is 11.8 Å². The van der Waals surface area contributed by atoms with E-state index in [1.165, 1.54) is 17.2 Å². The van der Waals surface area contributed by atoms with E-state index in [1.807, 2.05) is 0 Å². The highest BCUT2D eigenvalue weighted by atomic mass is 32.1. The van der Waals surface area contributed by atoms with Crippen molar-refractivity contribution in [2.45, 2.75) is 19.3 Å². The van der Waals surface area contributed by atoms with Gasteiger partial charge in [-0.05, 0) is 24.5 Å². The second kappa shape index (κ2) is 8.03. The molecule has 31 heavy (non-hydrogen) atoms. The third-order valence-electron chi connectivity index (χ3n) is 4.99. The highest BCUT2D eigenvalue weighted by molar-refractivity contribution is 7.13. The molecule has 3 heterocycles. The Kier molecular flexibility index (Phi) is 5.40. The van der Waals surface area contributed by atoms with Gasteiger partial charge in [-0.2, -0.15) is 5.12 Å². The van der Waals surface area contributed by atoms with E-state index in [-0.39, 0.29) is 27.7 Å². The van der Waals surface area contributed by atoms with E-state index < -0.39 is 34.8 Å². The van der Waals surface area contributed by atoms with Crippen LogP contribution in [0.2, 0.25) is 0 Å². The highest BCUT2D eigenvalue weighted by Gasteiger charge is 2.38. The number of hydrogen-bond donors (Lipinski definition) is 1. The van der Waals surface area contributed by atoms with E-state index in [9.17, 15) is 28.0 Å². The van der Waals surface area contributed by atoms with Crippen molar-refractivity contribution in [2.24, 2.45) is 0 Å². The summed E-state index contributed by atoms with van der Waals surface area (Å²) in [4.78, 5) is 31.1. The number of thiazole rings is 1. The Hall–Kier alpha value is -3.40. The number of aliphatic hydroxyl groups excluding tert-OH is 1. The standard InChI is InChI=1S/C21H16F3N3O3S/c1-11(20-25-9-15(31-20)7-12-4-5-13(22)8-16(12)23)18(28)19(29)17-21(30)26-6-2-3-14(26)10-27(17)24/h4-5,8-10,29H,1-3,6-7H2/b19-17+. The summed E-state index contributed by atoms with van der Waals surface area (Å²) < 4.78 is 41.3. The highest BCUT2D eigenvalue weighted by Crippen LogP contribution is 2.32. The Bertz CT molecular complexity index is 1170. The van der Waals surface area contributed by atoms with E-state index in [0.29, 0.717) is 30.0 Å². The van der Waals surface area contributed by atoms with Crippen LogP contribution in [-0.4, -0.2) is 38.3 Å². The Balaban J connectivity index is 1.55. The minimum absolute atomic E-state index is 0.0510. The second-order valence-electron chi connectivity index (χ2n) is 7.04. The molecule has 1 saturated heterocycles. The molecule has 1 aromatic heterocycles. The molecule has 1 aromatic carbocycles. The monoisotopic (exact) mass is 447 g/mol. The molecule has 2 aliphatic rings. The number of aromatic nitrogens is 1. The van der Waals surface area contributed by atoms with Crippen LogP contribution in [0.25, 0.3) is 5.57 Å². The van der Waals surface area contributed by atoms with Crippen molar-refractivity contribution in [2.75, 3.05) is 6.54 Å². The predicted octanol–water partition coefficient (Wildman–Crippen LogP) is 4.03. The number of halogens is 3. The predicted molar refractivity (Wildman–Crippen MR) is 107 cm³/mol. The number of fused-ring (bicyclic) bond motifs is 1. The summed E-state index contributed by atoms with van der Waals surface area (Å²) in [5.41, 5.74) is -0.291. The van der Waals surface area contributed by atoms with E-state index in [0.717, 1.165) is 29.7 Å². The zero-order valence-electron chi connectivity index (χ0n) is 16.1. The van der Waals surface area contributed by atoms with Crippen molar-refractivity contribution in [3.63, 3.8) is 0 Å². The summed E-state index contributed by atoms with van der Waals surface area (Å²) in [5, 5.41) is 10.4. The maximum Gasteiger partial charge on any atom is 0.281 e. The third-order valence-corrected chi connectivity index (χ3v) is 6.05. The molecule has 0 bridgehead atoms. The summed E-state index contributed by atoms with van der Waals surface area (Å²) in [6.07, 6.45) is 3.76. The normalized spacial score (nSPS) is 17.5. The molecule has 0 aliphatic carbocycles. The van der Waals surface area contributed by atoms with Crippen molar-refractivity contribution in [1.29, 1.82) is 0 Å². The Labute approximate surface area is 179 Å². The molecule has 160 valence electrons. The van der Waals surface area contributed by atoms with E-state index in [2.05, 4.69) is 11.6 Å². The first-order valence-electron chi connectivity index (χ1n) is 9.29. The fraction of sp³-hybridized carbons (Fsp3) is 0.190. The molecule has 1 N–H and O–H groups in total. The number of hydrogen-bond acceptors (Lipinski definition) is 6. The second-order valence-corrected chi connectivity index (χ2v) is 8.16. The number of carbonyl (C=O) groups excluding carboxylic acids is 2. The number of carbonyl (C=O) groups is 2. The molecular weight excluding hydrogens is 431 g/mol. The average Bonchev–Trinajstić information content (AvgIpc) is 3.38. The van der Waals surface area contributed by atoms with Crippen LogP contribution in [0, 0.1) is 11.6 Å². The molecule has 0 radical (unpaired) electrons. The Morgan fingerprint density at radius 1 is 1.32 bits per heavy atom. The van der Waals surface area contributed by atoms with Gasteiger partial charge in [-0.3, -0.25) is 9.59 Å². The largest absolute Gasteiger partial charge is 0.502 e. The summed E-state index contributed by atoms with van der Waals surface area (Å²) in [5.74, 6) is -4.32. The first kappa shape index (κ1) is 20.9. The van der Waals surface area contributed by atoms with Crippen LogP contribution in [0.1, 0.15) is 28.3 Å². The molecule has 1 amide bonds. The number of Topliss-reactive ketones (excluding diaryl/α,β-unsaturated/α-hetero) is 1. The fourth-order valence-electron chi connectivity index (χ4n) is 3.41. The van der Waals surface area contributed by atoms with Gasteiger partial charge in [0.25, 0.3) is 5.91 Å². The van der Waals surface area contributed by atoms with Gasteiger partial charge in [0.1, 0.15) is 16.6 Å². The number of aliphatic hydroxyl groups is 1. The number of amides is 1. The van der Waals surface area contributed by atoms with Crippen LogP contribution in [0.5, 0.6) is 0 Å². The maximum absolute atomic E-state index is 14.4. The Morgan fingerprint density at radius 3 is 2.84 bits per heavy atom. The molecule has 0 atom stereocenters. The molecule has 0 saturated carbocycles. The van der Waals surface area contributed by atoms with Gasteiger partial charge in [-0.1, -0.05) is 17.1 Å². The van der Waals surface area contributed by atoms with Crippen molar-refractivity contribution >= 4 is 28.6 Å². The van der Waals surface area contributed by atoms with E-state index >= 15 is 0 Å². The van der Waals surface area contributed by atoms with Gasteiger partial charge in [0.15, 0.2) is 11.5 Å². The minimum Gasteiger partial charge on any atom is -0.502 e. The van der Waals surface area contributed by atoms with Gasteiger partial charge in [0.2, 0.25) is 5.78 Å². The number of benzene rings is 1. The Morgan fingerprint density at radius 2 is 2.10 bits per heavy atom. The van der Waals surface area contributed by atoms with Crippen molar-refractivity contribution in [1.82, 2.24) is 15.0 Å². The molecular formula is C21H16F3N3O3S. The maximum atomic E-state index is 14.4. The molecule has 1 fully saturated rings. The van der Waals surface area contributed by atoms with Crippen LogP contribution >= 0.6 is 11.3 Å². The van der Waals surface area contributed by atoms with Gasteiger partial charge in [-0.15, -0.1) is 11.3 Å². The van der Waals surface area contributed by atoms with Gasteiger partial charge in [0, 0.05) is 35.8 Å². The first-order valence-corrected chi connectivity index (χ1v) is 10.1. The van der Waals surface area contributed by atoms with Crippen LogP contribution < -0.4 is 0 Å². The number of nitrogens with zero attached hydrogens (tertiary/aromatic N) is 3. The zero-order valence-corrected chi connectivity index (χ0v) is 16.9. The van der Waals surface area contributed by atoms with Crippen molar-refractivity contribution in [3.8, 4) is 0 Å². The van der Waals surface area contributed by atoms with Crippen LogP contribution in [-0.2, 0) is 16.0 Å². The van der Waals surface area contributed by atoms with Crippen molar-refractivity contribution in [3.05, 3.63) is 81.4 Å².